The number of nitrogens with one attached hydrogen (secondary N) is 3. The molecular formula is C20H25N3O4S. The Morgan fingerprint density at radius 3 is 2.64 bits per heavy atom. The van der Waals surface area contributed by atoms with E-state index in [1.165, 1.54) is 25.3 Å². The van der Waals surface area contributed by atoms with Gasteiger partial charge in [-0.3, -0.25) is 15.6 Å². The molecule has 28 heavy (non-hydrogen) atoms. The number of hydrogen-bond donors (Lipinski definition) is 3. The second-order valence-corrected chi connectivity index (χ2v) is 7.54. The van der Waals surface area contributed by atoms with E-state index >= 15 is 0 Å². The van der Waals surface area contributed by atoms with Gasteiger partial charge in [-0.05, 0) is 62.2 Å². The van der Waals surface area contributed by atoms with E-state index in [9.17, 15) is 9.59 Å². The molecule has 0 saturated heterocycles. The first-order valence-electron chi connectivity index (χ1n) is 9.45. The van der Waals surface area contributed by atoms with Crippen molar-refractivity contribution in [2.45, 2.75) is 52.0 Å². The smallest absolute Gasteiger partial charge is 0.336 e. The molecule has 1 aliphatic rings. The lowest BCUT2D eigenvalue weighted by atomic mass is 9.96. The Morgan fingerprint density at radius 2 is 1.89 bits per heavy atom. The molecule has 3 N–H and O–H groups in total. The number of rotatable bonds is 4. The lowest BCUT2D eigenvalue weighted by molar-refractivity contribution is -0.123. The summed E-state index contributed by atoms with van der Waals surface area (Å²) in [6, 6.07) is 5.31. The number of amides is 1. The lowest BCUT2D eigenvalue weighted by Crippen LogP contribution is -2.51. The van der Waals surface area contributed by atoms with Crippen LogP contribution in [0.2, 0.25) is 0 Å². The van der Waals surface area contributed by atoms with E-state index in [-0.39, 0.29) is 18.1 Å². The van der Waals surface area contributed by atoms with E-state index in [2.05, 4.69) is 16.2 Å². The Hall–Kier alpha value is -2.61. The number of benzene rings is 1. The molecule has 0 unspecified atom stereocenters. The maximum Gasteiger partial charge on any atom is 0.336 e. The molecule has 1 aromatic carbocycles. The van der Waals surface area contributed by atoms with E-state index in [1.807, 2.05) is 13.8 Å². The fourth-order valence-corrected chi connectivity index (χ4v) is 3.59. The molecule has 1 aliphatic carbocycles. The van der Waals surface area contributed by atoms with Crippen LogP contribution in [0.1, 0.15) is 43.2 Å². The highest BCUT2D eigenvalue weighted by Gasteiger charge is 2.14. The maximum atomic E-state index is 12.1. The molecule has 1 saturated carbocycles. The van der Waals surface area contributed by atoms with E-state index in [1.54, 1.807) is 12.1 Å². The van der Waals surface area contributed by atoms with Gasteiger partial charge in [0, 0.05) is 17.5 Å². The van der Waals surface area contributed by atoms with Gasteiger partial charge in [-0.15, -0.1) is 0 Å². The molecule has 1 heterocycles. The first kappa shape index (κ1) is 20.1. The van der Waals surface area contributed by atoms with Crippen molar-refractivity contribution in [3.8, 4) is 5.75 Å². The van der Waals surface area contributed by atoms with Crippen molar-refractivity contribution in [2.75, 3.05) is 6.61 Å². The number of carbonyl (C=O) groups excluding carboxylic acids is 1. The second-order valence-electron chi connectivity index (χ2n) is 7.13. The van der Waals surface area contributed by atoms with Gasteiger partial charge in [-0.25, -0.2) is 4.79 Å². The summed E-state index contributed by atoms with van der Waals surface area (Å²) < 4.78 is 10.8. The summed E-state index contributed by atoms with van der Waals surface area (Å²) in [5.41, 5.74) is 6.94. The van der Waals surface area contributed by atoms with Crippen LogP contribution in [0.4, 0.5) is 0 Å². The van der Waals surface area contributed by atoms with E-state index in [0.717, 1.165) is 29.4 Å². The van der Waals surface area contributed by atoms with Crippen LogP contribution < -0.4 is 26.5 Å². The molecule has 8 heteroatoms. The molecule has 0 radical (unpaired) electrons. The Balaban J connectivity index is 1.52. The monoisotopic (exact) mass is 403 g/mol. The van der Waals surface area contributed by atoms with Gasteiger partial charge in [0.2, 0.25) is 0 Å². The Bertz CT molecular complexity index is 935. The van der Waals surface area contributed by atoms with Crippen LogP contribution in [-0.2, 0) is 4.79 Å². The predicted octanol–water partition coefficient (Wildman–Crippen LogP) is 2.62. The first-order valence-corrected chi connectivity index (χ1v) is 9.86. The quantitative estimate of drug-likeness (QED) is 0.410. The molecule has 7 nitrogen and oxygen atoms in total. The van der Waals surface area contributed by atoms with E-state index in [4.69, 9.17) is 21.4 Å². The summed E-state index contributed by atoms with van der Waals surface area (Å²) in [4.78, 5) is 23.5. The van der Waals surface area contributed by atoms with Gasteiger partial charge in [-0.2, -0.15) is 0 Å². The van der Waals surface area contributed by atoms with Gasteiger partial charge >= 0.3 is 5.63 Å². The number of carbonyl (C=O) groups is 1. The highest BCUT2D eigenvalue weighted by molar-refractivity contribution is 7.80. The summed E-state index contributed by atoms with van der Waals surface area (Å²) in [6.45, 7) is 3.49. The van der Waals surface area contributed by atoms with E-state index in [0.29, 0.717) is 22.5 Å². The molecule has 0 bridgehead atoms. The molecule has 2 aromatic rings. The molecule has 150 valence electrons. The molecule has 1 aromatic heterocycles. The van der Waals surface area contributed by atoms with Crippen LogP contribution in [-0.4, -0.2) is 23.7 Å². The highest BCUT2D eigenvalue weighted by atomic mass is 32.1. The minimum Gasteiger partial charge on any atom is -0.483 e. The molecule has 1 amide bonds. The van der Waals surface area contributed by atoms with Gasteiger partial charge in [0.15, 0.2) is 11.7 Å². The average Bonchev–Trinajstić information content (AvgIpc) is 2.65. The fourth-order valence-electron chi connectivity index (χ4n) is 3.38. The largest absolute Gasteiger partial charge is 0.483 e. The van der Waals surface area contributed by atoms with Crippen molar-refractivity contribution in [3.05, 3.63) is 39.7 Å². The minimum absolute atomic E-state index is 0.165. The zero-order valence-electron chi connectivity index (χ0n) is 16.1. The topological polar surface area (TPSA) is 92.6 Å². The third-order valence-electron chi connectivity index (χ3n) is 4.86. The van der Waals surface area contributed by atoms with Crippen molar-refractivity contribution < 1.29 is 13.9 Å². The van der Waals surface area contributed by atoms with Crippen molar-refractivity contribution in [1.29, 1.82) is 0 Å². The number of fused-ring (bicyclic) bond motifs is 1. The maximum absolute atomic E-state index is 12.1. The van der Waals surface area contributed by atoms with Gasteiger partial charge in [-0.1, -0.05) is 19.3 Å². The number of aryl methyl sites for hydroxylation is 2. The minimum atomic E-state index is -0.388. The number of hydrogen-bond acceptors (Lipinski definition) is 5. The number of ether oxygens (including phenoxy) is 1. The molecule has 0 atom stereocenters. The number of thiocarbonyl (C=S) groups is 1. The highest BCUT2D eigenvalue weighted by Crippen LogP contribution is 2.26. The molecule has 0 spiro atoms. The normalized spacial score (nSPS) is 14.5. The third-order valence-corrected chi connectivity index (χ3v) is 5.08. The second kappa shape index (κ2) is 9.05. The summed E-state index contributed by atoms with van der Waals surface area (Å²) >= 11 is 5.22. The summed E-state index contributed by atoms with van der Waals surface area (Å²) in [7, 11) is 0. The predicted molar refractivity (Wildman–Crippen MR) is 111 cm³/mol. The standard InChI is InChI=1S/C20H25N3O4S/c1-12-9-19(25)27-17-8-13(2)16(10-15(12)17)26-11-18(24)22-23-20(28)21-14-6-4-3-5-7-14/h8-10,14H,3-7,11H2,1-2H3,(H,22,24)(H2,21,23,28). The Morgan fingerprint density at radius 1 is 1.14 bits per heavy atom. The number of hydrazine groups is 1. The van der Waals surface area contributed by atoms with Crippen LogP contribution in [0.3, 0.4) is 0 Å². The third kappa shape index (κ3) is 5.22. The molecule has 3 rings (SSSR count). The van der Waals surface area contributed by atoms with Gasteiger partial charge in [0.05, 0.1) is 0 Å². The summed E-state index contributed by atoms with van der Waals surface area (Å²) in [6.07, 6.45) is 5.87. The van der Waals surface area contributed by atoms with Crippen LogP contribution in [0.15, 0.2) is 27.4 Å². The van der Waals surface area contributed by atoms with Gasteiger partial charge in [0.25, 0.3) is 5.91 Å². The van der Waals surface area contributed by atoms with Crippen molar-refractivity contribution in [2.24, 2.45) is 0 Å². The Labute approximate surface area is 168 Å². The van der Waals surface area contributed by atoms with Crippen LogP contribution in [0.25, 0.3) is 11.0 Å². The van der Waals surface area contributed by atoms with Crippen molar-refractivity contribution >= 4 is 34.2 Å². The zero-order valence-corrected chi connectivity index (χ0v) is 16.9. The van der Waals surface area contributed by atoms with Crippen LogP contribution >= 0.6 is 12.2 Å². The zero-order chi connectivity index (χ0) is 20.1. The summed E-state index contributed by atoms with van der Waals surface area (Å²) in [5, 5.41) is 4.40. The molecular weight excluding hydrogens is 378 g/mol. The Kier molecular flexibility index (Phi) is 6.51. The van der Waals surface area contributed by atoms with Gasteiger partial charge in [0.1, 0.15) is 11.3 Å². The first-order chi connectivity index (χ1) is 13.4. The SMILES string of the molecule is Cc1cc2oc(=O)cc(C)c2cc1OCC(=O)NNC(=S)NC1CCCCC1. The van der Waals surface area contributed by atoms with Crippen LogP contribution in [0.5, 0.6) is 5.75 Å². The van der Waals surface area contributed by atoms with Crippen LogP contribution in [0, 0.1) is 13.8 Å². The molecule has 1 fully saturated rings. The fraction of sp³-hybridized carbons (Fsp3) is 0.450. The average molecular weight is 404 g/mol. The van der Waals surface area contributed by atoms with Crippen molar-refractivity contribution in [1.82, 2.24) is 16.2 Å². The summed E-state index contributed by atoms with van der Waals surface area (Å²) in [5.74, 6) is 0.214. The van der Waals surface area contributed by atoms with Gasteiger partial charge < -0.3 is 14.5 Å². The van der Waals surface area contributed by atoms with Crippen molar-refractivity contribution in [3.63, 3.8) is 0 Å². The lowest BCUT2D eigenvalue weighted by Gasteiger charge is -2.24. The molecule has 0 aliphatic heterocycles. The van der Waals surface area contributed by atoms with E-state index < -0.39 is 0 Å².